The highest BCUT2D eigenvalue weighted by molar-refractivity contribution is 6.31. The minimum absolute atomic E-state index is 0.0596. The van der Waals surface area contributed by atoms with E-state index in [0.717, 1.165) is 49.5 Å². The molecule has 0 atom stereocenters. The molecule has 0 saturated carbocycles. The number of halogens is 1. The average molecular weight is 383 g/mol. The Morgan fingerprint density at radius 1 is 1.26 bits per heavy atom. The van der Waals surface area contributed by atoms with Crippen LogP contribution >= 0.6 is 11.6 Å². The molecular weight excluding hydrogens is 360 g/mol. The summed E-state index contributed by atoms with van der Waals surface area (Å²) in [7, 11) is 1.56. The number of ether oxygens (including phenoxy) is 1. The Morgan fingerprint density at radius 2 is 2.07 bits per heavy atom. The van der Waals surface area contributed by atoms with E-state index in [1.807, 2.05) is 17.2 Å². The van der Waals surface area contributed by atoms with Gasteiger partial charge in [-0.15, -0.1) is 0 Å². The number of fused-ring (bicyclic) bond motifs is 2. The van der Waals surface area contributed by atoms with Crippen molar-refractivity contribution in [3.8, 4) is 0 Å². The molecule has 0 unspecified atom stereocenters. The molecule has 0 aromatic carbocycles. The van der Waals surface area contributed by atoms with Crippen molar-refractivity contribution in [2.45, 2.75) is 25.7 Å². The third-order valence-electron chi connectivity index (χ3n) is 5.45. The van der Waals surface area contributed by atoms with Gasteiger partial charge in [0, 0.05) is 37.0 Å². The van der Waals surface area contributed by atoms with Gasteiger partial charge in [-0.25, -0.2) is 0 Å². The number of aromatic nitrogens is 1. The number of amides is 1. The SMILES string of the molecule is COCC(=O)N1CCC(=C2C3=CC(Cl)=CCC3=CCc3cccnc32)CC1. The fraction of sp³-hybridized carbons (Fsp3) is 0.364. The lowest BCUT2D eigenvalue weighted by atomic mass is 9.85. The smallest absolute Gasteiger partial charge is 0.248 e. The number of methoxy groups -OCH3 is 1. The van der Waals surface area contributed by atoms with E-state index in [2.05, 4.69) is 24.3 Å². The van der Waals surface area contributed by atoms with Gasteiger partial charge in [-0.2, -0.15) is 0 Å². The maximum atomic E-state index is 12.1. The topological polar surface area (TPSA) is 42.4 Å². The number of allylic oxidation sites excluding steroid dienone is 7. The van der Waals surface area contributed by atoms with Gasteiger partial charge < -0.3 is 9.64 Å². The van der Waals surface area contributed by atoms with E-state index in [1.54, 1.807) is 7.11 Å². The van der Waals surface area contributed by atoms with Crippen molar-refractivity contribution in [2.24, 2.45) is 0 Å². The Balaban J connectivity index is 1.74. The Labute approximate surface area is 164 Å². The lowest BCUT2D eigenvalue weighted by Gasteiger charge is -2.31. The lowest BCUT2D eigenvalue weighted by molar-refractivity contribution is -0.135. The van der Waals surface area contributed by atoms with Crippen molar-refractivity contribution in [3.63, 3.8) is 0 Å². The first-order valence-electron chi connectivity index (χ1n) is 9.37. The normalized spacial score (nSPS) is 19.5. The Kier molecular flexibility index (Phi) is 5.28. The summed E-state index contributed by atoms with van der Waals surface area (Å²) in [5, 5.41) is 0.785. The molecule has 0 N–H and O–H groups in total. The van der Waals surface area contributed by atoms with Gasteiger partial charge in [-0.3, -0.25) is 9.78 Å². The average Bonchev–Trinajstić information content (AvgIpc) is 2.85. The highest BCUT2D eigenvalue weighted by atomic mass is 35.5. The molecule has 2 heterocycles. The third-order valence-corrected chi connectivity index (χ3v) is 5.72. The van der Waals surface area contributed by atoms with Crippen LogP contribution in [0.3, 0.4) is 0 Å². The second-order valence-corrected chi connectivity index (χ2v) is 7.52. The molecule has 1 aliphatic heterocycles. The van der Waals surface area contributed by atoms with Crippen LogP contribution in [0, 0.1) is 0 Å². The first kappa shape index (κ1) is 18.2. The second-order valence-electron chi connectivity index (χ2n) is 7.09. The van der Waals surface area contributed by atoms with Gasteiger partial charge in [0.2, 0.25) is 5.91 Å². The fourth-order valence-electron chi connectivity index (χ4n) is 4.07. The summed E-state index contributed by atoms with van der Waals surface area (Å²) in [5.74, 6) is 0.0596. The second kappa shape index (κ2) is 7.83. The zero-order chi connectivity index (χ0) is 18.8. The van der Waals surface area contributed by atoms with Crippen LogP contribution in [0.1, 0.15) is 30.5 Å². The fourth-order valence-corrected chi connectivity index (χ4v) is 4.26. The zero-order valence-electron chi connectivity index (χ0n) is 15.5. The molecule has 2 aliphatic carbocycles. The van der Waals surface area contributed by atoms with Crippen molar-refractivity contribution in [1.29, 1.82) is 0 Å². The predicted molar refractivity (Wildman–Crippen MR) is 107 cm³/mol. The van der Waals surface area contributed by atoms with Crippen LogP contribution in [0.15, 0.2) is 58.3 Å². The van der Waals surface area contributed by atoms with Crippen molar-refractivity contribution in [3.05, 3.63) is 69.6 Å². The van der Waals surface area contributed by atoms with E-state index in [-0.39, 0.29) is 12.5 Å². The molecule has 27 heavy (non-hydrogen) atoms. The van der Waals surface area contributed by atoms with Crippen LogP contribution < -0.4 is 0 Å². The molecule has 0 spiro atoms. The number of nitrogens with zero attached hydrogens (tertiary/aromatic N) is 2. The summed E-state index contributed by atoms with van der Waals surface area (Å²) in [6.07, 6.45) is 11.8. The first-order chi connectivity index (χ1) is 13.2. The number of rotatable bonds is 2. The number of carbonyl (C=O) groups is 1. The quantitative estimate of drug-likeness (QED) is 0.775. The largest absolute Gasteiger partial charge is 0.375 e. The Morgan fingerprint density at radius 3 is 2.85 bits per heavy atom. The van der Waals surface area contributed by atoms with Gasteiger partial charge in [-0.05, 0) is 54.5 Å². The number of hydrogen-bond donors (Lipinski definition) is 0. The van der Waals surface area contributed by atoms with Crippen molar-refractivity contribution in [1.82, 2.24) is 9.88 Å². The number of likely N-dealkylation sites (tertiary alicyclic amines) is 1. The van der Waals surface area contributed by atoms with Gasteiger partial charge in [-0.1, -0.05) is 35.4 Å². The summed E-state index contributed by atoms with van der Waals surface area (Å²) in [6.45, 7) is 1.59. The van der Waals surface area contributed by atoms with E-state index < -0.39 is 0 Å². The molecule has 4 nitrogen and oxygen atoms in total. The molecule has 3 aliphatic rings. The maximum Gasteiger partial charge on any atom is 0.248 e. The van der Waals surface area contributed by atoms with E-state index in [0.29, 0.717) is 0 Å². The van der Waals surface area contributed by atoms with Crippen LogP contribution in [0.5, 0.6) is 0 Å². The maximum absolute atomic E-state index is 12.1. The summed E-state index contributed by atoms with van der Waals surface area (Å²) < 4.78 is 4.99. The molecule has 1 amide bonds. The van der Waals surface area contributed by atoms with E-state index >= 15 is 0 Å². The molecule has 1 saturated heterocycles. The van der Waals surface area contributed by atoms with Gasteiger partial charge in [0.15, 0.2) is 0 Å². The van der Waals surface area contributed by atoms with E-state index in [1.165, 1.54) is 27.9 Å². The molecule has 5 heteroatoms. The molecule has 1 aromatic heterocycles. The van der Waals surface area contributed by atoms with Crippen molar-refractivity contribution in [2.75, 3.05) is 26.8 Å². The van der Waals surface area contributed by atoms with Crippen molar-refractivity contribution >= 4 is 23.1 Å². The Hall–Kier alpha value is -2.17. The molecular formula is C22H23ClN2O2. The van der Waals surface area contributed by atoms with Gasteiger partial charge in [0.05, 0.1) is 5.69 Å². The summed E-state index contributed by atoms with van der Waals surface area (Å²) >= 11 is 6.37. The molecule has 4 rings (SSSR count). The van der Waals surface area contributed by atoms with Crippen LogP contribution in [0.4, 0.5) is 0 Å². The molecule has 140 valence electrons. The number of pyridine rings is 1. The van der Waals surface area contributed by atoms with Crippen LogP contribution in [0.25, 0.3) is 5.57 Å². The highest BCUT2D eigenvalue weighted by Crippen LogP contribution is 2.42. The number of hydrogen-bond acceptors (Lipinski definition) is 3. The van der Waals surface area contributed by atoms with Crippen LogP contribution in [-0.2, 0) is 16.0 Å². The Bertz CT molecular complexity index is 885. The number of piperidine rings is 1. The molecule has 0 bridgehead atoms. The van der Waals surface area contributed by atoms with Gasteiger partial charge >= 0.3 is 0 Å². The van der Waals surface area contributed by atoms with Crippen LogP contribution in [0.2, 0.25) is 0 Å². The van der Waals surface area contributed by atoms with E-state index in [9.17, 15) is 4.79 Å². The summed E-state index contributed by atoms with van der Waals surface area (Å²) in [4.78, 5) is 18.8. The third kappa shape index (κ3) is 3.64. The van der Waals surface area contributed by atoms with Crippen molar-refractivity contribution < 1.29 is 9.53 Å². The lowest BCUT2D eigenvalue weighted by Crippen LogP contribution is -2.38. The number of carbonyl (C=O) groups excluding carboxylic acids is 1. The molecule has 1 fully saturated rings. The molecule has 0 radical (unpaired) electrons. The van der Waals surface area contributed by atoms with Gasteiger partial charge in [0.25, 0.3) is 0 Å². The monoisotopic (exact) mass is 382 g/mol. The minimum atomic E-state index is 0.0596. The predicted octanol–water partition coefficient (Wildman–Crippen LogP) is 4.04. The van der Waals surface area contributed by atoms with E-state index in [4.69, 9.17) is 21.3 Å². The van der Waals surface area contributed by atoms with Gasteiger partial charge in [0.1, 0.15) is 6.61 Å². The highest BCUT2D eigenvalue weighted by Gasteiger charge is 2.27. The minimum Gasteiger partial charge on any atom is -0.375 e. The van der Waals surface area contributed by atoms with Crippen LogP contribution in [-0.4, -0.2) is 42.6 Å². The standard InChI is InChI=1S/C22H23ClN2O2/c1-27-14-20(26)25-11-8-16(9-12-25)21-19-13-18(23)7-6-15(19)4-5-17-3-2-10-24-22(17)21/h2-4,7,10,13H,5-6,8-9,11-12,14H2,1H3. The molecule has 1 aromatic rings. The first-order valence-corrected chi connectivity index (χ1v) is 9.75. The summed E-state index contributed by atoms with van der Waals surface area (Å²) in [5.41, 5.74) is 7.41. The summed E-state index contributed by atoms with van der Waals surface area (Å²) in [6, 6.07) is 4.16. The zero-order valence-corrected chi connectivity index (χ0v) is 16.3.